The molecule has 0 aliphatic rings. The van der Waals surface area contributed by atoms with E-state index in [1.807, 2.05) is 0 Å². The summed E-state index contributed by atoms with van der Waals surface area (Å²) in [5.41, 5.74) is 5.60. The molecule has 1 aromatic rings. The number of hydrogen-bond acceptors (Lipinski definition) is 5. The highest BCUT2D eigenvalue weighted by Crippen LogP contribution is 2.03. The van der Waals surface area contributed by atoms with E-state index in [1.165, 1.54) is 18.6 Å². The molecule has 0 radical (unpaired) electrons. The number of nitrogens with zero attached hydrogens (tertiary/aromatic N) is 3. The van der Waals surface area contributed by atoms with Crippen LogP contribution in [0.1, 0.15) is 11.9 Å². The van der Waals surface area contributed by atoms with Crippen LogP contribution in [0.5, 0.6) is 0 Å². The molecule has 1 atom stereocenters. The lowest BCUT2D eigenvalue weighted by molar-refractivity contribution is 0.730. The second-order valence-electron chi connectivity index (χ2n) is 1.68. The van der Waals surface area contributed by atoms with Crippen LogP contribution >= 0.6 is 0 Å². The maximum absolute atomic E-state index is 9.86. The van der Waals surface area contributed by atoms with Gasteiger partial charge in [0.15, 0.2) is 6.17 Å². The third-order valence-corrected chi connectivity index (χ3v) is 1.000. The Morgan fingerprint density at radius 1 is 1.60 bits per heavy atom. The number of nitroso groups, excluding NO2 is 1. The fourth-order valence-electron chi connectivity index (χ4n) is 0.517. The van der Waals surface area contributed by atoms with Gasteiger partial charge in [0.25, 0.3) is 0 Å². The first-order chi connectivity index (χ1) is 4.84. The molecule has 0 fully saturated rings. The number of nitrogens with two attached hydrogens (primary N) is 1. The van der Waals surface area contributed by atoms with E-state index < -0.39 is 6.17 Å². The summed E-state index contributed by atoms with van der Waals surface area (Å²) in [7, 11) is 0. The minimum absolute atomic E-state index is 0.387. The van der Waals surface area contributed by atoms with Crippen LogP contribution in [0.2, 0.25) is 0 Å². The van der Waals surface area contributed by atoms with E-state index in [0.29, 0.717) is 5.69 Å². The highest BCUT2D eigenvalue weighted by atomic mass is 16.3. The molecular weight excluding hydrogens is 132 g/mol. The molecule has 10 heavy (non-hydrogen) atoms. The number of aromatic nitrogens is 2. The highest BCUT2D eigenvalue weighted by Gasteiger charge is 2.04. The first kappa shape index (κ1) is 6.76. The van der Waals surface area contributed by atoms with Gasteiger partial charge in [-0.1, -0.05) is 0 Å². The second kappa shape index (κ2) is 2.98. The molecule has 2 N–H and O–H groups in total. The summed E-state index contributed by atoms with van der Waals surface area (Å²) in [5, 5.41) is 2.58. The van der Waals surface area contributed by atoms with Crippen LogP contribution in [0.15, 0.2) is 23.8 Å². The Balaban J connectivity index is 2.84. The summed E-state index contributed by atoms with van der Waals surface area (Å²) in [6.45, 7) is 0. The van der Waals surface area contributed by atoms with Gasteiger partial charge in [0, 0.05) is 12.4 Å². The van der Waals surface area contributed by atoms with Crippen molar-refractivity contribution in [1.82, 2.24) is 9.97 Å². The van der Waals surface area contributed by atoms with Crippen molar-refractivity contribution in [2.75, 3.05) is 0 Å². The van der Waals surface area contributed by atoms with Gasteiger partial charge in [-0.05, 0) is 5.18 Å². The van der Waals surface area contributed by atoms with Crippen molar-refractivity contribution in [3.8, 4) is 0 Å². The van der Waals surface area contributed by atoms with Crippen LogP contribution in [0.3, 0.4) is 0 Å². The topological polar surface area (TPSA) is 81.2 Å². The standard InChI is InChI=1S/C5H6N4O/c6-5(9-10)4-3-7-1-2-8-4/h1-3,5H,6H2/t5-/m0/s1. The van der Waals surface area contributed by atoms with Crippen LogP contribution in [0.4, 0.5) is 0 Å². The van der Waals surface area contributed by atoms with Gasteiger partial charge < -0.3 is 5.73 Å². The zero-order chi connectivity index (χ0) is 7.40. The van der Waals surface area contributed by atoms with E-state index in [4.69, 9.17) is 5.73 Å². The van der Waals surface area contributed by atoms with Gasteiger partial charge in [-0.3, -0.25) is 9.97 Å². The molecule has 1 heterocycles. The summed E-state index contributed by atoms with van der Waals surface area (Å²) in [5.74, 6) is 0. The van der Waals surface area contributed by atoms with Crippen LogP contribution < -0.4 is 5.73 Å². The molecule has 5 heteroatoms. The van der Waals surface area contributed by atoms with Gasteiger partial charge in [-0.25, -0.2) is 0 Å². The predicted octanol–water partition coefficient (Wildman–Crippen LogP) is 0.200. The average Bonchev–Trinajstić information content (AvgIpc) is 2.05. The van der Waals surface area contributed by atoms with Gasteiger partial charge >= 0.3 is 0 Å². The van der Waals surface area contributed by atoms with Gasteiger partial charge in [-0.2, -0.15) is 0 Å². The van der Waals surface area contributed by atoms with E-state index in [-0.39, 0.29) is 0 Å². The third-order valence-electron chi connectivity index (χ3n) is 1.000. The van der Waals surface area contributed by atoms with Crippen molar-refractivity contribution >= 4 is 0 Å². The molecule has 0 amide bonds. The Morgan fingerprint density at radius 3 is 2.90 bits per heavy atom. The third kappa shape index (κ3) is 1.32. The number of hydrogen-bond donors (Lipinski definition) is 1. The summed E-state index contributed by atoms with van der Waals surface area (Å²) >= 11 is 0. The Morgan fingerprint density at radius 2 is 2.40 bits per heavy atom. The lowest BCUT2D eigenvalue weighted by atomic mass is 10.4. The Bertz CT molecular complexity index is 212. The summed E-state index contributed by atoms with van der Waals surface area (Å²) in [6, 6.07) is 0. The second-order valence-corrected chi connectivity index (χ2v) is 1.68. The van der Waals surface area contributed by atoms with Crippen LogP contribution in [-0.4, -0.2) is 9.97 Å². The van der Waals surface area contributed by atoms with E-state index in [1.54, 1.807) is 0 Å². The molecule has 0 aliphatic heterocycles. The summed E-state index contributed by atoms with van der Waals surface area (Å²) in [4.78, 5) is 17.3. The molecular formula is C5H6N4O. The lowest BCUT2D eigenvalue weighted by Gasteiger charge is -1.97. The molecule has 0 saturated heterocycles. The molecule has 0 spiro atoms. The maximum Gasteiger partial charge on any atom is 0.183 e. The summed E-state index contributed by atoms with van der Waals surface area (Å²) < 4.78 is 0. The summed E-state index contributed by atoms with van der Waals surface area (Å²) in [6.07, 6.45) is 3.47. The molecule has 0 unspecified atom stereocenters. The van der Waals surface area contributed by atoms with Crippen LogP contribution in [0.25, 0.3) is 0 Å². The van der Waals surface area contributed by atoms with Crippen molar-refractivity contribution in [2.45, 2.75) is 6.17 Å². The largest absolute Gasteiger partial charge is 0.302 e. The van der Waals surface area contributed by atoms with Gasteiger partial charge in [0.2, 0.25) is 0 Å². The Kier molecular flexibility index (Phi) is 2.01. The van der Waals surface area contributed by atoms with Crippen molar-refractivity contribution in [1.29, 1.82) is 0 Å². The molecule has 1 aromatic heterocycles. The molecule has 52 valence electrons. The van der Waals surface area contributed by atoms with E-state index in [0.717, 1.165) is 0 Å². The van der Waals surface area contributed by atoms with E-state index in [2.05, 4.69) is 15.1 Å². The van der Waals surface area contributed by atoms with Gasteiger partial charge in [0.05, 0.1) is 6.20 Å². The molecule has 0 aliphatic carbocycles. The van der Waals surface area contributed by atoms with E-state index in [9.17, 15) is 4.91 Å². The SMILES string of the molecule is N[C@@H](N=O)c1cnccn1. The van der Waals surface area contributed by atoms with E-state index >= 15 is 0 Å². The zero-order valence-corrected chi connectivity index (χ0v) is 5.14. The smallest absolute Gasteiger partial charge is 0.183 e. The normalized spacial score (nSPS) is 12.5. The van der Waals surface area contributed by atoms with Crippen LogP contribution in [0, 0.1) is 4.91 Å². The van der Waals surface area contributed by atoms with Crippen molar-refractivity contribution < 1.29 is 0 Å². The average molecular weight is 138 g/mol. The predicted molar refractivity (Wildman–Crippen MR) is 34.8 cm³/mol. The lowest BCUT2D eigenvalue weighted by Crippen LogP contribution is -2.08. The highest BCUT2D eigenvalue weighted by molar-refractivity contribution is 4.99. The number of rotatable bonds is 2. The minimum Gasteiger partial charge on any atom is -0.302 e. The molecule has 5 nitrogen and oxygen atoms in total. The van der Waals surface area contributed by atoms with Crippen molar-refractivity contribution in [3.05, 3.63) is 29.2 Å². The molecule has 0 saturated carbocycles. The first-order valence-electron chi connectivity index (χ1n) is 2.68. The monoisotopic (exact) mass is 138 g/mol. The maximum atomic E-state index is 9.86. The first-order valence-corrected chi connectivity index (χ1v) is 2.68. The molecule has 0 aromatic carbocycles. The van der Waals surface area contributed by atoms with Crippen molar-refractivity contribution in [3.63, 3.8) is 0 Å². The molecule has 1 rings (SSSR count). The van der Waals surface area contributed by atoms with Gasteiger partial charge in [0.1, 0.15) is 5.69 Å². The van der Waals surface area contributed by atoms with Crippen molar-refractivity contribution in [2.24, 2.45) is 10.9 Å². The van der Waals surface area contributed by atoms with Crippen LogP contribution in [-0.2, 0) is 0 Å². The Labute approximate surface area is 57.3 Å². The zero-order valence-electron chi connectivity index (χ0n) is 5.14. The quantitative estimate of drug-likeness (QED) is 0.592. The fourth-order valence-corrected chi connectivity index (χ4v) is 0.517. The Hall–Kier alpha value is -1.36. The molecule has 0 bridgehead atoms. The minimum atomic E-state index is -0.895. The fraction of sp³-hybridized carbons (Fsp3) is 0.200. The van der Waals surface area contributed by atoms with Gasteiger partial charge in [-0.15, -0.1) is 4.91 Å².